The SMILES string of the molecule is Cc1cc(C2NC=CC=C2c2cc(CN)c(N)c(NO)c2)ccc1F. The molecule has 7 N–H and O–H groups in total. The van der Waals surface area contributed by atoms with Gasteiger partial charge in [-0.2, -0.15) is 0 Å². The molecular weight excluding hydrogens is 319 g/mol. The summed E-state index contributed by atoms with van der Waals surface area (Å²) in [7, 11) is 0. The molecule has 0 bridgehead atoms. The summed E-state index contributed by atoms with van der Waals surface area (Å²) in [5.74, 6) is -0.231. The number of halogens is 1. The van der Waals surface area contributed by atoms with Crippen LogP contribution >= 0.6 is 0 Å². The number of rotatable bonds is 4. The normalized spacial score (nSPS) is 16.3. The molecule has 130 valence electrons. The zero-order valence-corrected chi connectivity index (χ0v) is 13.9. The topological polar surface area (TPSA) is 96.3 Å². The molecule has 0 saturated carbocycles. The molecule has 0 aromatic heterocycles. The first-order chi connectivity index (χ1) is 12.0. The molecule has 0 fully saturated rings. The number of anilines is 2. The Kier molecular flexibility index (Phi) is 4.74. The Morgan fingerprint density at radius 3 is 2.76 bits per heavy atom. The van der Waals surface area contributed by atoms with Gasteiger partial charge in [-0.1, -0.05) is 18.2 Å². The van der Waals surface area contributed by atoms with E-state index < -0.39 is 0 Å². The summed E-state index contributed by atoms with van der Waals surface area (Å²) in [5, 5.41) is 12.7. The number of aryl methyl sites for hydroxylation is 1. The van der Waals surface area contributed by atoms with Crippen LogP contribution < -0.4 is 22.3 Å². The summed E-state index contributed by atoms with van der Waals surface area (Å²) in [4.78, 5) is 0. The van der Waals surface area contributed by atoms with Crippen LogP contribution in [0, 0.1) is 12.7 Å². The lowest BCUT2D eigenvalue weighted by atomic mass is 9.89. The van der Waals surface area contributed by atoms with E-state index in [4.69, 9.17) is 11.5 Å². The minimum absolute atomic E-state index is 0.148. The molecule has 2 aromatic rings. The van der Waals surface area contributed by atoms with E-state index in [2.05, 4.69) is 10.8 Å². The van der Waals surface area contributed by atoms with Crippen molar-refractivity contribution in [2.24, 2.45) is 5.73 Å². The number of hydrogen-bond donors (Lipinski definition) is 5. The number of hydrogen-bond acceptors (Lipinski definition) is 5. The van der Waals surface area contributed by atoms with Gasteiger partial charge in [0.25, 0.3) is 0 Å². The van der Waals surface area contributed by atoms with E-state index >= 15 is 0 Å². The molecule has 0 amide bonds. The van der Waals surface area contributed by atoms with E-state index in [1.54, 1.807) is 19.1 Å². The minimum atomic E-state index is -0.231. The highest BCUT2D eigenvalue weighted by atomic mass is 19.1. The largest absolute Gasteiger partial charge is 0.397 e. The highest BCUT2D eigenvalue weighted by Crippen LogP contribution is 2.36. The van der Waals surface area contributed by atoms with E-state index in [9.17, 15) is 9.60 Å². The first-order valence-electron chi connectivity index (χ1n) is 7.97. The van der Waals surface area contributed by atoms with Crippen LogP contribution in [-0.4, -0.2) is 5.21 Å². The van der Waals surface area contributed by atoms with Gasteiger partial charge in [-0.05, 0) is 65.2 Å². The summed E-state index contributed by atoms with van der Waals surface area (Å²) in [6, 6.07) is 8.59. The van der Waals surface area contributed by atoms with Gasteiger partial charge in [-0.3, -0.25) is 10.7 Å². The molecular formula is C19H21FN4O. The van der Waals surface area contributed by atoms with Crippen LogP contribution in [0.1, 0.15) is 28.3 Å². The lowest BCUT2D eigenvalue weighted by Gasteiger charge is -2.26. The molecule has 5 nitrogen and oxygen atoms in total. The third-order valence-corrected chi connectivity index (χ3v) is 4.40. The maximum atomic E-state index is 13.6. The Labute approximate surface area is 145 Å². The van der Waals surface area contributed by atoms with Gasteiger partial charge in [0.1, 0.15) is 5.82 Å². The van der Waals surface area contributed by atoms with E-state index in [1.165, 1.54) is 6.07 Å². The van der Waals surface area contributed by atoms with Crippen LogP contribution in [0.4, 0.5) is 15.8 Å². The molecule has 0 saturated heterocycles. The Balaban J connectivity index is 2.08. The van der Waals surface area contributed by atoms with Gasteiger partial charge in [-0.15, -0.1) is 0 Å². The molecule has 3 rings (SSSR count). The second-order valence-electron chi connectivity index (χ2n) is 6.00. The van der Waals surface area contributed by atoms with Crippen LogP contribution in [0.3, 0.4) is 0 Å². The molecule has 25 heavy (non-hydrogen) atoms. The van der Waals surface area contributed by atoms with Crippen LogP contribution in [-0.2, 0) is 6.54 Å². The smallest absolute Gasteiger partial charge is 0.126 e. The van der Waals surface area contributed by atoms with E-state index in [1.807, 2.05) is 30.5 Å². The van der Waals surface area contributed by atoms with Crippen LogP contribution in [0.15, 0.2) is 48.7 Å². The number of nitrogen functional groups attached to an aromatic ring is 1. The third-order valence-electron chi connectivity index (χ3n) is 4.40. The van der Waals surface area contributed by atoms with Crippen molar-refractivity contribution >= 4 is 16.9 Å². The van der Waals surface area contributed by atoms with Crippen LogP contribution in [0.5, 0.6) is 0 Å². The zero-order chi connectivity index (χ0) is 18.0. The Bertz CT molecular complexity index is 835. The molecule has 1 atom stereocenters. The summed E-state index contributed by atoms with van der Waals surface area (Å²) < 4.78 is 13.6. The van der Waals surface area contributed by atoms with E-state index in [-0.39, 0.29) is 18.4 Å². The maximum Gasteiger partial charge on any atom is 0.126 e. The predicted molar refractivity (Wildman–Crippen MR) is 98.3 cm³/mol. The first kappa shape index (κ1) is 17.0. The molecule has 0 spiro atoms. The van der Waals surface area contributed by atoms with E-state index in [0.29, 0.717) is 16.9 Å². The van der Waals surface area contributed by atoms with Gasteiger partial charge in [0.15, 0.2) is 0 Å². The standard InChI is InChI=1S/C19H21FN4O/c1-11-7-12(4-5-16(11)20)19-15(3-2-6-23-19)13-8-14(10-21)18(22)17(9-13)24-25/h2-9,19,23-25H,10,21-22H2,1H3. The van der Waals surface area contributed by atoms with Crippen molar-refractivity contribution < 1.29 is 9.60 Å². The van der Waals surface area contributed by atoms with Crippen molar-refractivity contribution in [3.05, 3.63) is 76.8 Å². The molecule has 0 aliphatic carbocycles. The Morgan fingerprint density at radius 2 is 2.08 bits per heavy atom. The molecule has 1 aliphatic heterocycles. The van der Waals surface area contributed by atoms with Crippen LogP contribution in [0.2, 0.25) is 0 Å². The van der Waals surface area contributed by atoms with Crippen molar-refractivity contribution in [3.63, 3.8) is 0 Å². The van der Waals surface area contributed by atoms with Gasteiger partial charge in [0.2, 0.25) is 0 Å². The molecule has 0 radical (unpaired) electrons. The van der Waals surface area contributed by atoms with Crippen molar-refractivity contribution in [1.29, 1.82) is 0 Å². The lowest BCUT2D eigenvalue weighted by molar-refractivity contribution is 0.389. The second-order valence-corrected chi connectivity index (χ2v) is 6.00. The van der Waals surface area contributed by atoms with Crippen molar-refractivity contribution in [1.82, 2.24) is 5.32 Å². The Morgan fingerprint density at radius 1 is 1.28 bits per heavy atom. The molecule has 1 heterocycles. The second kappa shape index (κ2) is 6.96. The fraction of sp³-hybridized carbons (Fsp3) is 0.158. The highest BCUT2D eigenvalue weighted by molar-refractivity contribution is 5.81. The molecule has 1 aliphatic rings. The van der Waals surface area contributed by atoms with Crippen LogP contribution in [0.25, 0.3) is 5.57 Å². The third kappa shape index (κ3) is 3.22. The lowest BCUT2D eigenvalue weighted by Crippen LogP contribution is -2.20. The number of nitrogens with one attached hydrogen (secondary N) is 2. The van der Waals surface area contributed by atoms with Gasteiger partial charge >= 0.3 is 0 Å². The minimum Gasteiger partial charge on any atom is -0.397 e. The first-order valence-corrected chi connectivity index (χ1v) is 7.97. The van der Waals surface area contributed by atoms with Gasteiger partial charge in [0, 0.05) is 6.54 Å². The molecule has 2 aromatic carbocycles. The summed E-state index contributed by atoms with van der Waals surface area (Å²) in [6.07, 6.45) is 5.72. The van der Waals surface area contributed by atoms with E-state index in [0.717, 1.165) is 22.3 Å². The number of nitrogens with two attached hydrogens (primary N) is 2. The van der Waals surface area contributed by atoms with Gasteiger partial charge in [-0.25, -0.2) is 4.39 Å². The quantitative estimate of drug-likeness (QED) is 0.435. The van der Waals surface area contributed by atoms with Gasteiger partial charge < -0.3 is 16.8 Å². The predicted octanol–water partition coefficient (Wildman–Crippen LogP) is 3.22. The van der Waals surface area contributed by atoms with Crippen molar-refractivity contribution in [3.8, 4) is 0 Å². The summed E-state index contributed by atoms with van der Waals surface area (Å²) in [6.45, 7) is 2.00. The summed E-state index contributed by atoms with van der Waals surface area (Å²) >= 11 is 0. The highest BCUT2D eigenvalue weighted by Gasteiger charge is 2.21. The zero-order valence-electron chi connectivity index (χ0n) is 13.9. The number of dihydropyridines is 1. The average molecular weight is 340 g/mol. The van der Waals surface area contributed by atoms with Crippen molar-refractivity contribution in [2.75, 3.05) is 11.2 Å². The fourth-order valence-corrected chi connectivity index (χ4v) is 3.02. The number of benzene rings is 2. The van der Waals surface area contributed by atoms with Gasteiger partial charge in [0.05, 0.1) is 17.4 Å². The van der Waals surface area contributed by atoms with Crippen molar-refractivity contribution in [2.45, 2.75) is 19.5 Å². The molecule has 6 heteroatoms. The fourth-order valence-electron chi connectivity index (χ4n) is 3.02. The summed E-state index contributed by atoms with van der Waals surface area (Å²) in [5.41, 5.74) is 18.8. The Hall–Kier alpha value is -2.83. The maximum absolute atomic E-state index is 13.6. The monoisotopic (exact) mass is 340 g/mol. The average Bonchev–Trinajstić information content (AvgIpc) is 2.64. The molecule has 1 unspecified atom stereocenters. The number of allylic oxidation sites excluding steroid dienone is 2.